The van der Waals surface area contributed by atoms with Crippen LogP contribution in [0.2, 0.25) is 0 Å². The van der Waals surface area contributed by atoms with Gasteiger partial charge >= 0.3 is 0 Å². The number of nitrogens with zero attached hydrogens (tertiary/aromatic N) is 1. The van der Waals surface area contributed by atoms with Crippen molar-refractivity contribution in [1.82, 2.24) is 5.32 Å². The van der Waals surface area contributed by atoms with E-state index in [4.69, 9.17) is 0 Å². The fourth-order valence-corrected chi connectivity index (χ4v) is 1.70. The molecule has 0 aliphatic carbocycles. The summed E-state index contributed by atoms with van der Waals surface area (Å²) in [4.78, 5) is 4.68. The molecule has 1 aromatic rings. The third-order valence-corrected chi connectivity index (χ3v) is 2.72. The van der Waals surface area contributed by atoms with Crippen LogP contribution in [-0.4, -0.2) is 12.4 Å². The molecule has 0 atom stereocenters. The number of allylic oxidation sites excluding steroid dienone is 1. The van der Waals surface area contributed by atoms with Crippen molar-refractivity contribution >= 4 is 5.84 Å². The third kappa shape index (κ3) is 5.44. The molecule has 1 aromatic carbocycles. The summed E-state index contributed by atoms with van der Waals surface area (Å²) in [5.74, 6) is 6.98. The Labute approximate surface area is 116 Å². The molecule has 0 fully saturated rings. The molecule has 2 nitrogen and oxygen atoms in total. The van der Waals surface area contributed by atoms with Crippen molar-refractivity contribution in [3.8, 4) is 11.8 Å². The predicted octanol–water partition coefficient (Wildman–Crippen LogP) is 3.55. The van der Waals surface area contributed by atoms with Gasteiger partial charge in [0.1, 0.15) is 5.84 Å². The van der Waals surface area contributed by atoms with E-state index in [2.05, 4.69) is 47.3 Å². The van der Waals surface area contributed by atoms with E-state index in [-0.39, 0.29) is 0 Å². The maximum absolute atomic E-state index is 4.68. The summed E-state index contributed by atoms with van der Waals surface area (Å²) in [6, 6.07) is 10.3. The number of amidine groups is 1. The molecule has 0 aromatic heterocycles. The molecule has 100 valence electrons. The van der Waals surface area contributed by atoms with Crippen LogP contribution in [0.5, 0.6) is 0 Å². The minimum Gasteiger partial charge on any atom is -0.370 e. The molecule has 1 N–H and O–H groups in total. The minimum absolute atomic E-state index is 0.695. The molecule has 19 heavy (non-hydrogen) atoms. The summed E-state index contributed by atoms with van der Waals surface area (Å²) >= 11 is 0. The van der Waals surface area contributed by atoms with Crippen LogP contribution in [0.4, 0.5) is 0 Å². The van der Waals surface area contributed by atoms with Gasteiger partial charge in [-0.05, 0) is 26.3 Å². The lowest BCUT2D eigenvalue weighted by atomic mass is 10.1. The average molecular weight is 254 g/mol. The van der Waals surface area contributed by atoms with Crippen LogP contribution >= 0.6 is 0 Å². The summed E-state index contributed by atoms with van der Waals surface area (Å²) in [5, 5.41) is 3.33. The van der Waals surface area contributed by atoms with E-state index in [1.165, 1.54) is 5.56 Å². The molecule has 0 aliphatic rings. The summed E-state index contributed by atoms with van der Waals surface area (Å²) in [6.45, 7) is 7.53. The lowest BCUT2D eigenvalue weighted by molar-refractivity contribution is 0.930. The molecule has 0 spiro atoms. The van der Waals surface area contributed by atoms with Crippen LogP contribution in [0.1, 0.15) is 32.8 Å². The maximum atomic E-state index is 4.68. The highest BCUT2D eigenvalue weighted by molar-refractivity contribution is 5.98. The Hall–Kier alpha value is -2.01. The highest BCUT2D eigenvalue weighted by Gasteiger charge is 2.03. The molecule has 1 rings (SSSR count). The number of hydrogen-bond acceptors (Lipinski definition) is 1. The molecule has 0 saturated carbocycles. The number of likely N-dealkylation sites (N-methyl/N-ethyl adjacent to an activating group) is 1. The van der Waals surface area contributed by atoms with Gasteiger partial charge < -0.3 is 5.32 Å². The van der Waals surface area contributed by atoms with E-state index in [0.717, 1.165) is 24.4 Å². The van der Waals surface area contributed by atoms with Gasteiger partial charge in [-0.15, -0.1) is 5.92 Å². The third-order valence-electron chi connectivity index (χ3n) is 2.72. The quantitative estimate of drug-likeness (QED) is 0.485. The van der Waals surface area contributed by atoms with Crippen molar-refractivity contribution < 1.29 is 0 Å². The molecule has 0 aliphatic heterocycles. The van der Waals surface area contributed by atoms with Crippen molar-refractivity contribution in [2.24, 2.45) is 4.99 Å². The van der Waals surface area contributed by atoms with Crippen LogP contribution in [0.25, 0.3) is 0 Å². The second-order valence-corrected chi connectivity index (χ2v) is 4.10. The maximum Gasteiger partial charge on any atom is 0.125 e. The van der Waals surface area contributed by atoms with Crippen LogP contribution in [0.15, 0.2) is 47.0 Å². The number of benzene rings is 1. The fourth-order valence-electron chi connectivity index (χ4n) is 1.70. The predicted molar refractivity (Wildman–Crippen MR) is 83.1 cm³/mol. The standard InChI is InChI=1S/C17H22N2/c1-4-7-13-16(5-2)17(18-6-3)19-14-15-11-9-8-10-12-15/h5,8-12H,6,13-14H2,1-3H3,(H,18,19)/b16-5+. The first-order chi connectivity index (χ1) is 9.31. The van der Waals surface area contributed by atoms with Gasteiger partial charge in [-0.2, -0.15) is 0 Å². The van der Waals surface area contributed by atoms with Crippen LogP contribution in [-0.2, 0) is 6.54 Å². The van der Waals surface area contributed by atoms with Crippen LogP contribution < -0.4 is 5.32 Å². The minimum atomic E-state index is 0.695. The Morgan fingerprint density at radius 1 is 1.32 bits per heavy atom. The SMILES string of the molecule is CC#CC/C(=C\C)C(=NCc1ccccc1)NCC. The highest BCUT2D eigenvalue weighted by atomic mass is 15.0. The summed E-state index contributed by atoms with van der Waals surface area (Å²) in [6.07, 6.45) is 2.82. The van der Waals surface area contributed by atoms with E-state index >= 15 is 0 Å². The molecule has 0 heterocycles. The lowest BCUT2D eigenvalue weighted by Crippen LogP contribution is -2.25. The zero-order chi connectivity index (χ0) is 13.9. The lowest BCUT2D eigenvalue weighted by Gasteiger charge is -2.10. The van der Waals surface area contributed by atoms with E-state index in [0.29, 0.717) is 6.54 Å². The Morgan fingerprint density at radius 3 is 2.63 bits per heavy atom. The monoisotopic (exact) mass is 254 g/mol. The van der Waals surface area contributed by atoms with Crippen molar-refractivity contribution in [2.45, 2.75) is 33.7 Å². The smallest absolute Gasteiger partial charge is 0.125 e. The molecule has 2 heteroatoms. The normalized spacial score (nSPS) is 11.7. The van der Waals surface area contributed by atoms with Gasteiger partial charge in [0.05, 0.1) is 6.54 Å². The average Bonchev–Trinajstić information content (AvgIpc) is 2.46. The van der Waals surface area contributed by atoms with Crippen molar-refractivity contribution in [3.63, 3.8) is 0 Å². The van der Waals surface area contributed by atoms with Crippen molar-refractivity contribution in [3.05, 3.63) is 47.5 Å². The highest BCUT2D eigenvalue weighted by Crippen LogP contribution is 2.06. The van der Waals surface area contributed by atoms with Crippen LogP contribution in [0.3, 0.4) is 0 Å². The summed E-state index contributed by atoms with van der Waals surface area (Å²) < 4.78 is 0. The molecular weight excluding hydrogens is 232 g/mol. The molecule has 0 saturated heterocycles. The number of rotatable bonds is 5. The van der Waals surface area contributed by atoms with E-state index < -0.39 is 0 Å². The molecule has 0 bridgehead atoms. The fraction of sp³-hybridized carbons (Fsp3) is 0.353. The van der Waals surface area contributed by atoms with Gasteiger partial charge in [0, 0.05) is 18.5 Å². The zero-order valence-electron chi connectivity index (χ0n) is 12.0. The largest absolute Gasteiger partial charge is 0.370 e. The van der Waals surface area contributed by atoms with Crippen LogP contribution in [0, 0.1) is 11.8 Å². The number of hydrogen-bond donors (Lipinski definition) is 1. The van der Waals surface area contributed by atoms with E-state index in [9.17, 15) is 0 Å². The van der Waals surface area contributed by atoms with Gasteiger partial charge in [-0.3, -0.25) is 4.99 Å². The van der Waals surface area contributed by atoms with Gasteiger partial charge in [0.15, 0.2) is 0 Å². The first-order valence-corrected chi connectivity index (χ1v) is 6.69. The summed E-state index contributed by atoms with van der Waals surface area (Å²) in [5.41, 5.74) is 2.38. The Bertz CT molecular complexity index is 487. The zero-order valence-corrected chi connectivity index (χ0v) is 12.0. The van der Waals surface area contributed by atoms with Gasteiger partial charge in [-0.25, -0.2) is 0 Å². The first kappa shape index (κ1) is 15.0. The molecule has 0 unspecified atom stereocenters. The molecule has 0 radical (unpaired) electrons. The number of aliphatic imine (C=N–C) groups is 1. The number of nitrogens with one attached hydrogen (secondary N) is 1. The van der Waals surface area contributed by atoms with E-state index in [1.807, 2.05) is 32.0 Å². The molecular formula is C17H22N2. The second kappa shape index (κ2) is 8.99. The Kier molecular flexibility index (Phi) is 7.12. The topological polar surface area (TPSA) is 24.4 Å². The van der Waals surface area contributed by atoms with Crippen molar-refractivity contribution in [2.75, 3.05) is 6.54 Å². The van der Waals surface area contributed by atoms with Gasteiger partial charge in [0.2, 0.25) is 0 Å². The molecule has 0 amide bonds. The second-order valence-electron chi connectivity index (χ2n) is 4.10. The van der Waals surface area contributed by atoms with Crippen molar-refractivity contribution in [1.29, 1.82) is 0 Å². The Morgan fingerprint density at radius 2 is 2.05 bits per heavy atom. The van der Waals surface area contributed by atoms with Gasteiger partial charge in [0.25, 0.3) is 0 Å². The van der Waals surface area contributed by atoms with E-state index in [1.54, 1.807) is 0 Å². The summed E-state index contributed by atoms with van der Waals surface area (Å²) in [7, 11) is 0. The van der Waals surface area contributed by atoms with Gasteiger partial charge in [-0.1, -0.05) is 42.3 Å². The first-order valence-electron chi connectivity index (χ1n) is 6.69. The Balaban J connectivity index is 2.82.